The molecule has 0 saturated heterocycles. The van der Waals surface area contributed by atoms with Gasteiger partial charge in [-0.2, -0.15) is 0 Å². The summed E-state index contributed by atoms with van der Waals surface area (Å²) in [5.74, 6) is 0. The molecule has 0 amide bonds. The molecule has 0 spiro atoms. The summed E-state index contributed by atoms with van der Waals surface area (Å²) < 4.78 is 9.70. The summed E-state index contributed by atoms with van der Waals surface area (Å²) in [5.41, 5.74) is 8.27. The summed E-state index contributed by atoms with van der Waals surface area (Å²) in [6, 6.07) is 27.6. The fourth-order valence-corrected chi connectivity index (χ4v) is 5.20. The van der Waals surface area contributed by atoms with Crippen LogP contribution in [0.25, 0.3) is 59.6 Å². The first kappa shape index (κ1) is 15.3. The minimum atomic E-state index is 0.924. The van der Waals surface area contributed by atoms with Crippen molar-refractivity contribution >= 4 is 65.3 Å². The number of nitrogens with zero attached hydrogens (tertiary/aromatic N) is 2. The predicted octanol–water partition coefficient (Wildman–Crippen LogP) is 7.29. The van der Waals surface area contributed by atoms with Crippen molar-refractivity contribution in [2.75, 3.05) is 0 Å². The number of benzene rings is 4. The van der Waals surface area contributed by atoms with Crippen LogP contribution in [0.15, 0.2) is 88.8 Å². The van der Waals surface area contributed by atoms with E-state index in [4.69, 9.17) is 4.42 Å². The van der Waals surface area contributed by atoms with Crippen LogP contribution in [0.3, 0.4) is 0 Å². The summed E-state index contributed by atoms with van der Waals surface area (Å²) in [5, 5.41) is 4.70. The van der Waals surface area contributed by atoms with Crippen LogP contribution < -0.4 is 0 Å². The number of para-hydroxylation sites is 3. The van der Waals surface area contributed by atoms with Gasteiger partial charge in [-0.3, -0.25) is 0 Å². The first-order chi connectivity index (χ1) is 14.4. The minimum Gasteiger partial charge on any atom is -0.456 e. The zero-order valence-electron chi connectivity index (χ0n) is 15.3. The van der Waals surface area contributed by atoms with Gasteiger partial charge in [0.2, 0.25) is 0 Å². The molecule has 136 valence electrons. The summed E-state index contributed by atoms with van der Waals surface area (Å²) >= 11 is 1.68. The van der Waals surface area contributed by atoms with E-state index in [1.54, 1.807) is 11.3 Å². The number of fused-ring (bicyclic) bond motifs is 7. The Balaban J connectivity index is 1.73. The molecule has 0 N–H and O–H groups in total. The third-order valence-corrected chi connectivity index (χ3v) is 6.55. The van der Waals surface area contributed by atoms with Crippen molar-refractivity contribution in [2.24, 2.45) is 0 Å². The maximum absolute atomic E-state index is 6.16. The third kappa shape index (κ3) is 1.99. The molecule has 0 saturated carbocycles. The molecular weight excluding hydrogens is 376 g/mol. The van der Waals surface area contributed by atoms with Gasteiger partial charge < -0.3 is 8.98 Å². The van der Waals surface area contributed by atoms with E-state index in [1.165, 1.54) is 26.5 Å². The largest absolute Gasteiger partial charge is 0.456 e. The van der Waals surface area contributed by atoms with Crippen molar-refractivity contribution in [3.05, 3.63) is 84.4 Å². The Morgan fingerprint density at radius 3 is 2.52 bits per heavy atom. The standard InChI is InChI=1S/C25H14N2OS/c1-3-8-19-15(6-1)17-13-23-18(16-7-2-4-10-22(16)28-23)12-21(17)27(19)20-9-5-11-24-25(20)26-14-29-24/h1-14H. The van der Waals surface area contributed by atoms with Gasteiger partial charge in [-0.15, -0.1) is 11.3 Å². The number of aromatic nitrogens is 2. The lowest BCUT2D eigenvalue weighted by atomic mass is 10.1. The SMILES string of the molecule is c1ccc2c(c1)oc1cc3c4ccccc4n(-c4cccc5scnc45)c3cc12. The van der Waals surface area contributed by atoms with E-state index < -0.39 is 0 Å². The number of rotatable bonds is 1. The van der Waals surface area contributed by atoms with E-state index in [2.05, 4.69) is 76.3 Å². The zero-order chi connectivity index (χ0) is 18.9. The Morgan fingerprint density at radius 1 is 0.690 bits per heavy atom. The highest BCUT2D eigenvalue weighted by Crippen LogP contribution is 2.39. The van der Waals surface area contributed by atoms with E-state index in [0.717, 1.165) is 33.1 Å². The molecule has 0 aliphatic heterocycles. The Bertz CT molecular complexity index is 1720. The molecule has 0 aliphatic carbocycles. The second kappa shape index (κ2) is 5.46. The summed E-state index contributed by atoms with van der Waals surface area (Å²) in [7, 11) is 0. The average molecular weight is 390 g/mol. The van der Waals surface area contributed by atoms with E-state index in [0.29, 0.717) is 0 Å². The first-order valence-corrected chi connectivity index (χ1v) is 10.4. The zero-order valence-corrected chi connectivity index (χ0v) is 16.1. The highest BCUT2D eigenvalue weighted by molar-refractivity contribution is 7.16. The van der Waals surface area contributed by atoms with E-state index in [1.807, 2.05) is 17.6 Å². The molecular formula is C25H14N2OS. The van der Waals surface area contributed by atoms with Gasteiger partial charge in [0.15, 0.2) is 0 Å². The molecule has 0 bridgehead atoms. The average Bonchev–Trinajstić information content (AvgIpc) is 3.46. The maximum Gasteiger partial charge on any atom is 0.136 e. The minimum absolute atomic E-state index is 0.924. The third-order valence-electron chi connectivity index (χ3n) is 5.75. The van der Waals surface area contributed by atoms with Gasteiger partial charge in [-0.1, -0.05) is 42.5 Å². The maximum atomic E-state index is 6.16. The number of hydrogen-bond donors (Lipinski definition) is 0. The van der Waals surface area contributed by atoms with Gasteiger partial charge in [-0.05, 0) is 36.4 Å². The van der Waals surface area contributed by atoms with Crippen LogP contribution in [0, 0.1) is 0 Å². The van der Waals surface area contributed by atoms with Crippen molar-refractivity contribution in [1.29, 1.82) is 0 Å². The second-order valence-corrected chi connectivity index (χ2v) is 8.18. The van der Waals surface area contributed by atoms with Crippen LogP contribution in [0.2, 0.25) is 0 Å². The fourth-order valence-electron chi connectivity index (χ4n) is 4.50. The number of hydrogen-bond acceptors (Lipinski definition) is 3. The molecule has 0 atom stereocenters. The molecule has 3 nitrogen and oxygen atoms in total. The van der Waals surface area contributed by atoms with Crippen molar-refractivity contribution < 1.29 is 4.42 Å². The smallest absolute Gasteiger partial charge is 0.136 e. The Hall–Kier alpha value is -3.63. The molecule has 3 aromatic heterocycles. The molecule has 4 heteroatoms. The van der Waals surface area contributed by atoms with Gasteiger partial charge in [-0.25, -0.2) is 4.98 Å². The van der Waals surface area contributed by atoms with Crippen LogP contribution in [-0.2, 0) is 0 Å². The molecule has 0 radical (unpaired) electrons. The predicted molar refractivity (Wildman–Crippen MR) is 121 cm³/mol. The lowest BCUT2D eigenvalue weighted by Gasteiger charge is -2.08. The molecule has 3 heterocycles. The second-order valence-electron chi connectivity index (χ2n) is 7.29. The first-order valence-electron chi connectivity index (χ1n) is 9.55. The molecule has 0 fully saturated rings. The number of thiazole rings is 1. The quantitative estimate of drug-likeness (QED) is 0.295. The summed E-state index contributed by atoms with van der Waals surface area (Å²) in [6.07, 6.45) is 0. The molecule has 4 aromatic carbocycles. The van der Waals surface area contributed by atoms with Crippen LogP contribution in [0.4, 0.5) is 0 Å². The lowest BCUT2D eigenvalue weighted by molar-refractivity contribution is 0.669. The van der Waals surface area contributed by atoms with Crippen molar-refractivity contribution in [3.8, 4) is 5.69 Å². The molecule has 7 rings (SSSR count). The normalized spacial score (nSPS) is 12.1. The molecule has 29 heavy (non-hydrogen) atoms. The van der Waals surface area contributed by atoms with Gasteiger partial charge in [0.05, 0.1) is 26.9 Å². The number of furan rings is 1. The van der Waals surface area contributed by atoms with E-state index >= 15 is 0 Å². The lowest BCUT2D eigenvalue weighted by Crippen LogP contribution is -1.94. The van der Waals surface area contributed by atoms with E-state index in [-0.39, 0.29) is 0 Å². The van der Waals surface area contributed by atoms with Crippen molar-refractivity contribution in [3.63, 3.8) is 0 Å². The van der Waals surface area contributed by atoms with E-state index in [9.17, 15) is 0 Å². The Kier molecular flexibility index (Phi) is 2.88. The van der Waals surface area contributed by atoms with Crippen molar-refractivity contribution in [1.82, 2.24) is 9.55 Å². The highest BCUT2D eigenvalue weighted by Gasteiger charge is 2.17. The molecule has 0 aliphatic rings. The van der Waals surface area contributed by atoms with Crippen LogP contribution in [-0.4, -0.2) is 9.55 Å². The monoisotopic (exact) mass is 390 g/mol. The summed E-state index contributed by atoms with van der Waals surface area (Å²) in [6.45, 7) is 0. The summed E-state index contributed by atoms with van der Waals surface area (Å²) in [4.78, 5) is 4.67. The van der Waals surface area contributed by atoms with Crippen molar-refractivity contribution in [2.45, 2.75) is 0 Å². The van der Waals surface area contributed by atoms with Gasteiger partial charge in [0, 0.05) is 21.5 Å². The molecule has 0 unspecified atom stereocenters. The van der Waals surface area contributed by atoms with Crippen LogP contribution in [0.1, 0.15) is 0 Å². The highest BCUT2D eigenvalue weighted by atomic mass is 32.1. The van der Waals surface area contributed by atoms with Gasteiger partial charge >= 0.3 is 0 Å². The topological polar surface area (TPSA) is 31.0 Å². The van der Waals surface area contributed by atoms with Crippen LogP contribution >= 0.6 is 11.3 Å². The Labute approximate surface area is 169 Å². The van der Waals surface area contributed by atoms with Gasteiger partial charge in [0.1, 0.15) is 16.7 Å². The fraction of sp³-hybridized carbons (Fsp3) is 0. The molecule has 7 aromatic rings. The Morgan fingerprint density at radius 2 is 1.55 bits per heavy atom. The van der Waals surface area contributed by atoms with Crippen LogP contribution in [0.5, 0.6) is 0 Å². The van der Waals surface area contributed by atoms with Gasteiger partial charge in [0.25, 0.3) is 0 Å².